The highest BCUT2D eigenvalue weighted by Crippen LogP contribution is 2.26. The molecule has 0 bridgehead atoms. The molecular formula is C12H10Cl2N2O. The van der Waals surface area contributed by atoms with Crippen LogP contribution < -0.4 is 4.74 Å². The van der Waals surface area contributed by atoms with Gasteiger partial charge in [-0.25, -0.2) is 9.97 Å². The zero-order chi connectivity index (χ0) is 12.1. The second-order valence-corrected chi connectivity index (χ2v) is 4.03. The van der Waals surface area contributed by atoms with E-state index in [-0.39, 0.29) is 0 Å². The average Bonchev–Trinajstić information content (AvgIpc) is 2.38. The van der Waals surface area contributed by atoms with Gasteiger partial charge in [0.1, 0.15) is 12.4 Å². The number of nitrogens with zero attached hydrogens (tertiary/aromatic N) is 2. The zero-order valence-electron chi connectivity index (χ0n) is 8.94. The third-order valence-electron chi connectivity index (χ3n) is 2.13. The molecule has 0 saturated carbocycles. The molecule has 5 heteroatoms. The summed E-state index contributed by atoms with van der Waals surface area (Å²) in [6.07, 6.45) is 3.34. The lowest BCUT2D eigenvalue weighted by Gasteiger charge is -2.07. The molecule has 0 spiro atoms. The number of alkyl halides is 1. The molecule has 1 aromatic carbocycles. The fourth-order valence-corrected chi connectivity index (χ4v) is 1.72. The van der Waals surface area contributed by atoms with Crippen LogP contribution in [-0.2, 0) is 12.5 Å². The van der Waals surface area contributed by atoms with E-state index in [1.807, 2.05) is 6.07 Å². The zero-order valence-corrected chi connectivity index (χ0v) is 10.4. The average molecular weight is 269 g/mol. The maximum atomic E-state index is 6.05. The van der Waals surface area contributed by atoms with E-state index in [0.29, 0.717) is 29.1 Å². The molecule has 0 amide bonds. The Hall–Kier alpha value is -1.32. The van der Waals surface area contributed by atoms with Gasteiger partial charge in [-0.3, -0.25) is 0 Å². The Morgan fingerprint density at radius 2 is 1.94 bits per heavy atom. The molecule has 0 saturated heterocycles. The topological polar surface area (TPSA) is 35.0 Å². The van der Waals surface area contributed by atoms with Gasteiger partial charge in [-0.05, 0) is 23.8 Å². The lowest BCUT2D eigenvalue weighted by atomic mass is 10.2. The summed E-state index contributed by atoms with van der Waals surface area (Å²) in [5.41, 5.74) is 0.958. The van der Waals surface area contributed by atoms with E-state index in [0.717, 1.165) is 5.56 Å². The summed E-state index contributed by atoms with van der Waals surface area (Å²) < 4.78 is 5.52. The van der Waals surface area contributed by atoms with E-state index in [2.05, 4.69) is 9.97 Å². The van der Waals surface area contributed by atoms with Crippen molar-refractivity contribution in [3.63, 3.8) is 0 Å². The van der Waals surface area contributed by atoms with Gasteiger partial charge in [0.15, 0.2) is 5.82 Å². The highest BCUT2D eigenvalue weighted by molar-refractivity contribution is 6.32. The van der Waals surface area contributed by atoms with E-state index < -0.39 is 0 Å². The number of benzene rings is 1. The monoisotopic (exact) mass is 268 g/mol. The van der Waals surface area contributed by atoms with Crippen LogP contribution in [0.15, 0.2) is 36.7 Å². The fraction of sp³-hybridized carbons (Fsp3) is 0.167. The van der Waals surface area contributed by atoms with Crippen molar-refractivity contribution < 1.29 is 4.74 Å². The molecule has 1 heterocycles. The van der Waals surface area contributed by atoms with Crippen molar-refractivity contribution in [3.05, 3.63) is 53.1 Å². The molecule has 0 N–H and O–H groups in total. The smallest absolute Gasteiger partial charge is 0.166 e. The Kier molecular flexibility index (Phi) is 4.18. The molecule has 17 heavy (non-hydrogen) atoms. The van der Waals surface area contributed by atoms with Gasteiger partial charge in [0.2, 0.25) is 0 Å². The lowest BCUT2D eigenvalue weighted by molar-refractivity contribution is 0.296. The van der Waals surface area contributed by atoms with E-state index >= 15 is 0 Å². The van der Waals surface area contributed by atoms with Crippen LogP contribution >= 0.6 is 23.2 Å². The van der Waals surface area contributed by atoms with Gasteiger partial charge in [0.05, 0.1) is 5.02 Å². The Balaban J connectivity index is 2.04. The molecular weight excluding hydrogens is 259 g/mol. The molecule has 88 valence electrons. The first-order valence-electron chi connectivity index (χ1n) is 5.02. The summed E-state index contributed by atoms with van der Waals surface area (Å²) in [5, 5.41) is 0.541. The molecule has 0 aliphatic carbocycles. The van der Waals surface area contributed by atoms with Crippen molar-refractivity contribution in [1.82, 2.24) is 9.97 Å². The highest BCUT2D eigenvalue weighted by Gasteiger charge is 2.04. The Morgan fingerprint density at radius 1 is 1.18 bits per heavy atom. The number of hydrogen-bond acceptors (Lipinski definition) is 3. The third-order valence-corrected chi connectivity index (χ3v) is 2.73. The Bertz CT molecular complexity index is 491. The SMILES string of the molecule is ClCc1ccc(OCc2ncccn2)c(Cl)c1. The third kappa shape index (κ3) is 3.32. The molecule has 0 unspecified atom stereocenters. The van der Waals surface area contributed by atoms with E-state index in [9.17, 15) is 0 Å². The molecule has 3 nitrogen and oxygen atoms in total. The molecule has 0 atom stereocenters. The maximum Gasteiger partial charge on any atom is 0.166 e. The van der Waals surface area contributed by atoms with Gasteiger partial charge in [-0.2, -0.15) is 0 Å². The summed E-state index contributed by atoms with van der Waals surface area (Å²) in [6.45, 7) is 0.292. The van der Waals surface area contributed by atoms with Crippen LogP contribution in [-0.4, -0.2) is 9.97 Å². The van der Waals surface area contributed by atoms with Gasteiger partial charge in [-0.15, -0.1) is 11.6 Å². The molecule has 2 aromatic rings. The minimum Gasteiger partial charge on any atom is -0.484 e. The molecule has 0 fully saturated rings. The molecule has 0 radical (unpaired) electrons. The standard InChI is InChI=1S/C12H10Cl2N2O/c13-7-9-2-3-11(10(14)6-9)17-8-12-15-4-1-5-16-12/h1-6H,7-8H2. The number of aromatic nitrogens is 2. The van der Waals surface area contributed by atoms with Crippen molar-refractivity contribution in [2.75, 3.05) is 0 Å². The van der Waals surface area contributed by atoms with Crippen LogP contribution in [0.5, 0.6) is 5.75 Å². The normalized spacial score (nSPS) is 10.2. The van der Waals surface area contributed by atoms with Gasteiger partial charge in [0.25, 0.3) is 0 Å². The van der Waals surface area contributed by atoms with Crippen molar-refractivity contribution >= 4 is 23.2 Å². The maximum absolute atomic E-state index is 6.05. The second kappa shape index (κ2) is 5.84. The summed E-state index contributed by atoms with van der Waals surface area (Å²) in [7, 11) is 0. The van der Waals surface area contributed by atoms with Gasteiger partial charge in [-0.1, -0.05) is 17.7 Å². The van der Waals surface area contributed by atoms with Crippen LogP contribution in [0.1, 0.15) is 11.4 Å². The predicted octanol–water partition coefficient (Wildman–Crippen LogP) is 3.45. The molecule has 1 aromatic heterocycles. The number of halogens is 2. The second-order valence-electron chi connectivity index (χ2n) is 3.35. The first kappa shape index (κ1) is 12.1. The van der Waals surface area contributed by atoms with Crippen LogP contribution in [0.2, 0.25) is 5.02 Å². The van der Waals surface area contributed by atoms with Crippen LogP contribution in [0.4, 0.5) is 0 Å². The van der Waals surface area contributed by atoms with Crippen LogP contribution in [0.25, 0.3) is 0 Å². The minimum absolute atomic E-state index is 0.292. The summed E-state index contributed by atoms with van der Waals surface area (Å²) >= 11 is 11.8. The van der Waals surface area contributed by atoms with Crippen molar-refractivity contribution in [2.45, 2.75) is 12.5 Å². The number of rotatable bonds is 4. The van der Waals surface area contributed by atoms with Gasteiger partial charge >= 0.3 is 0 Å². The minimum atomic E-state index is 0.292. The largest absolute Gasteiger partial charge is 0.484 e. The van der Waals surface area contributed by atoms with Crippen molar-refractivity contribution in [2.24, 2.45) is 0 Å². The van der Waals surface area contributed by atoms with E-state index in [1.54, 1.807) is 30.6 Å². The first-order valence-corrected chi connectivity index (χ1v) is 5.94. The predicted molar refractivity (Wildman–Crippen MR) is 67.4 cm³/mol. The Labute approximate surface area is 109 Å². The Morgan fingerprint density at radius 3 is 2.59 bits per heavy atom. The van der Waals surface area contributed by atoms with Crippen molar-refractivity contribution in [1.29, 1.82) is 0 Å². The van der Waals surface area contributed by atoms with Gasteiger partial charge < -0.3 is 4.74 Å². The quantitative estimate of drug-likeness (QED) is 0.797. The van der Waals surface area contributed by atoms with Crippen LogP contribution in [0, 0.1) is 0 Å². The van der Waals surface area contributed by atoms with Crippen molar-refractivity contribution in [3.8, 4) is 5.75 Å². The molecule has 2 rings (SSSR count). The van der Waals surface area contributed by atoms with Gasteiger partial charge in [0, 0.05) is 18.3 Å². The summed E-state index contributed by atoms with van der Waals surface area (Å²) in [5.74, 6) is 1.65. The first-order chi connectivity index (χ1) is 8.29. The lowest BCUT2D eigenvalue weighted by Crippen LogP contribution is -2.00. The molecule has 0 aliphatic heterocycles. The fourth-order valence-electron chi connectivity index (χ4n) is 1.29. The highest BCUT2D eigenvalue weighted by atomic mass is 35.5. The van der Waals surface area contributed by atoms with Crippen LogP contribution in [0.3, 0.4) is 0 Å². The summed E-state index contributed by atoms with van der Waals surface area (Å²) in [6, 6.07) is 7.21. The number of hydrogen-bond donors (Lipinski definition) is 0. The number of ether oxygens (including phenoxy) is 1. The van der Waals surface area contributed by atoms with E-state index in [1.165, 1.54) is 0 Å². The van der Waals surface area contributed by atoms with E-state index in [4.69, 9.17) is 27.9 Å². The molecule has 0 aliphatic rings. The summed E-state index contributed by atoms with van der Waals surface area (Å²) in [4.78, 5) is 8.11.